The summed E-state index contributed by atoms with van der Waals surface area (Å²) in [7, 11) is -7.04. The molecular formula is C10H16N4O5S2. The monoisotopic (exact) mass is 336 g/mol. The molecule has 0 radical (unpaired) electrons. The number of hydrogen-bond donors (Lipinski definition) is 3. The summed E-state index contributed by atoms with van der Waals surface area (Å²) < 4.78 is 51.4. The van der Waals surface area contributed by atoms with Gasteiger partial charge in [-0.05, 0) is 26.0 Å². The molecule has 9 nitrogen and oxygen atoms in total. The summed E-state index contributed by atoms with van der Waals surface area (Å²) in [6.07, 6.45) is 2.32. The van der Waals surface area contributed by atoms with E-state index in [2.05, 4.69) is 19.7 Å². The second kappa shape index (κ2) is 6.37. The Bertz CT molecular complexity index is 770. The zero-order chi connectivity index (χ0) is 16.3. The van der Waals surface area contributed by atoms with Gasteiger partial charge in [0.05, 0.1) is 17.0 Å². The summed E-state index contributed by atoms with van der Waals surface area (Å²) in [6, 6.07) is 3.53. The van der Waals surface area contributed by atoms with Gasteiger partial charge in [0.1, 0.15) is 0 Å². The Labute approximate surface area is 122 Å². The number of nitrogens with zero attached hydrogens (tertiary/aromatic N) is 2. The van der Waals surface area contributed by atoms with E-state index in [4.69, 9.17) is 4.55 Å². The van der Waals surface area contributed by atoms with Crippen LogP contribution in [-0.4, -0.2) is 47.8 Å². The molecule has 0 spiro atoms. The maximum atomic E-state index is 11.6. The SMILES string of the molecule is CC(C)S(=O)(=O)Nc1nc2ncccc2[nH]1.CS(=O)(=O)O. The highest BCUT2D eigenvalue weighted by Crippen LogP contribution is 2.13. The topological polar surface area (TPSA) is 142 Å². The van der Waals surface area contributed by atoms with Crippen molar-refractivity contribution in [1.82, 2.24) is 15.0 Å². The molecule has 0 saturated heterocycles. The minimum absolute atomic E-state index is 0.197. The van der Waals surface area contributed by atoms with E-state index in [0.29, 0.717) is 17.4 Å². The lowest BCUT2D eigenvalue weighted by Gasteiger charge is -2.07. The highest BCUT2D eigenvalue weighted by atomic mass is 32.2. The molecule has 0 aliphatic heterocycles. The fourth-order valence-corrected chi connectivity index (χ4v) is 1.75. The first-order chi connectivity index (χ1) is 9.49. The zero-order valence-electron chi connectivity index (χ0n) is 11.6. The second-order valence-electron chi connectivity index (χ2n) is 4.39. The standard InChI is InChI=1S/C9H12N4O2S.CH4O3S/c1-6(2)16(14,15)13-9-11-7-4-3-5-10-8(7)12-9;1-5(2,3)4/h3-6H,1-2H3,(H2,10,11,12,13);1H3,(H,2,3,4). The Hall–Kier alpha value is -1.72. The van der Waals surface area contributed by atoms with Crippen LogP contribution in [0.2, 0.25) is 0 Å². The third kappa shape index (κ3) is 6.06. The first kappa shape index (κ1) is 17.3. The number of sulfonamides is 1. The number of anilines is 1. The maximum absolute atomic E-state index is 11.6. The summed E-state index contributed by atoms with van der Waals surface area (Å²) in [4.78, 5) is 10.9. The van der Waals surface area contributed by atoms with Gasteiger partial charge in [-0.3, -0.25) is 9.27 Å². The number of hydrogen-bond acceptors (Lipinski definition) is 6. The number of rotatable bonds is 3. The average molecular weight is 336 g/mol. The normalized spacial score (nSPS) is 12.0. The van der Waals surface area contributed by atoms with E-state index in [1.165, 1.54) is 0 Å². The van der Waals surface area contributed by atoms with Crippen LogP contribution < -0.4 is 4.72 Å². The van der Waals surface area contributed by atoms with Crippen LogP contribution in [0.5, 0.6) is 0 Å². The van der Waals surface area contributed by atoms with Crippen molar-refractivity contribution in [3.8, 4) is 0 Å². The summed E-state index contributed by atoms with van der Waals surface area (Å²) >= 11 is 0. The lowest BCUT2D eigenvalue weighted by atomic mass is 10.4. The molecule has 0 saturated carbocycles. The van der Waals surface area contributed by atoms with Gasteiger partial charge in [-0.25, -0.2) is 13.4 Å². The third-order valence-electron chi connectivity index (χ3n) is 2.12. The molecule has 0 aromatic carbocycles. The van der Waals surface area contributed by atoms with E-state index in [-0.39, 0.29) is 5.95 Å². The lowest BCUT2D eigenvalue weighted by molar-refractivity contribution is 0.490. The van der Waals surface area contributed by atoms with E-state index < -0.39 is 25.4 Å². The fraction of sp³-hybridized carbons (Fsp3) is 0.400. The molecule has 2 aromatic heterocycles. The van der Waals surface area contributed by atoms with Crippen LogP contribution in [0.15, 0.2) is 18.3 Å². The Balaban J connectivity index is 0.000000383. The van der Waals surface area contributed by atoms with Crippen LogP contribution in [0.4, 0.5) is 5.95 Å². The highest BCUT2D eigenvalue weighted by molar-refractivity contribution is 7.93. The van der Waals surface area contributed by atoms with Gasteiger partial charge in [-0.15, -0.1) is 0 Å². The Morgan fingerprint density at radius 2 is 1.86 bits per heavy atom. The Morgan fingerprint density at radius 1 is 1.29 bits per heavy atom. The summed E-state index contributed by atoms with van der Waals surface area (Å²) in [6.45, 7) is 3.20. The van der Waals surface area contributed by atoms with Gasteiger partial charge < -0.3 is 4.98 Å². The molecule has 0 atom stereocenters. The molecule has 0 unspecified atom stereocenters. The number of H-pyrrole nitrogens is 1. The molecule has 11 heteroatoms. The van der Waals surface area contributed by atoms with Crippen molar-refractivity contribution in [3.05, 3.63) is 18.3 Å². The van der Waals surface area contributed by atoms with Gasteiger partial charge in [0.2, 0.25) is 16.0 Å². The first-order valence-corrected chi connectivity index (χ1v) is 9.13. The zero-order valence-corrected chi connectivity index (χ0v) is 13.2. The van der Waals surface area contributed by atoms with E-state index in [0.717, 1.165) is 0 Å². The molecule has 0 aliphatic carbocycles. The first-order valence-electron chi connectivity index (χ1n) is 5.74. The van der Waals surface area contributed by atoms with E-state index >= 15 is 0 Å². The molecule has 0 bridgehead atoms. The molecule has 2 heterocycles. The van der Waals surface area contributed by atoms with Crippen molar-refractivity contribution in [3.63, 3.8) is 0 Å². The van der Waals surface area contributed by atoms with Gasteiger partial charge in [0.15, 0.2) is 5.65 Å². The van der Waals surface area contributed by atoms with Gasteiger partial charge in [0, 0.05) is 6.20 Å². The molecule has 3 N–H and O–H groups in total. The predicted molar refractivity (Wildman–Crippen MR) is 79.0 cm³/mol. The number of aromatic nitrogens is 3. The van der Waals surface area contributed by atoms with Gasteiger partial charge in [-0.1, -0.05) is 0 Å². The van der Waals surface area contributed by atoms with Crippen molar-refractivity contribution >= 4 is 37.3 Å². The lowest BCUT2D eigenvalue weighted by Crippen LogP contribution is -2.23. The average Bonchev–Trinajstić information content (AvgIpc) is 2.67. The van der Waals surface area contributed by atoms with Crippen LogP contribution in [-0.2, 0) is 20.1 Å². The van der Waals surface area contributed by atoms with E-state index in [9.17, 15) is 16.8 Å². The number of imidazole rings is 1. The van der Waals surface area contributed by atoms with E-state index in [1.54, 1.807) is 32.2 Å². The number of pyridine rings is 1. The third-order valence-corrected chi connectivity index (χ3v) is 3.84. The Morgan fingerprint density at radius 3 is 2.33 bits per heavy atom. The molecule has 0 aliphatic rings. The molecule has 118 valence electrons. The molecule has 0 fully saturated rings. The fourth-order valence-electron chi connectivity index (χ4n) is 1.15. The van der Waals surface area contributed by atoms with Crippen molar-refractivity contribution in [2.45, 2.75) is 19.1 Å². The Kier molecular flexibility index (Phi) is 5.25. The van der Waals surface area contributed by atoms with Crippen LogP contribution in [0, 0.1) is 0 Å². The predicted octanol–water partition coefficient (Wildman–Crippen LogP) is 0.612. The largest absolute Gasteiger partial charge is 0.322 e. The van der Waals surface area contributed by atoms with Crippen LogP contribution >= 0.6 is 0 Å². The van der Waals surface area contributed by atoms with Crippen molar-refractivity contribution < 1.29 is 21.4 Å². The molecular weight excluding hydrogens is 320 g/mol. The summed E-state index contributed by atoms with van der Waals surface area (Å²) in [5, 5.41) is -0.506. The molecule has 0 amide bonds. The number of aromatic amines is 1. The van der Waals surface area contributed by atoms with E-state index in [1.807, 2.05) is 0 Å². The molecule has 21 heavy (non-hydrogen) atoms. The second-order valence-corrected chi connectivity index (χ2v) is 8.09. The van der Waals surface area contributed by atoms with Crippen LogP contribution in [0.25, 0.3) is 11.2 Å². The summed E-state index contributed by atoms with van der Waals surface area (Å²) in [5.74, 6) is 0.197. The van der Waals surface area contributed by atoms with Crippen molar-refractivity contribution in [2.24, 2.45) is 0 Å². The minimum Gasteiger partial charge on any atom is -0.322 e. The number of nitrogens with one attached hydrogen (secondary N) is 2. The van der Waals surface area contributed by atoms with Gasteiger partial charge >= 0.3 is 0 Å². The van der Waals surface area contributed by atoms with Crippen molar-refractivity contribution in [2.75, 3.05) is 11.0 Å². The van der Waals surface area contributed by atoms with Gasteiger partial charge in [0.25, 0.3) is 10.1 Å². The summed E-state index contributed by atoms with van der Waals surface area (Å²) in [5.41, 5.74) is 1.19. The number of fused-ring (bicyclic) bond motifs is 1. The smallest absolute Gasteiger partial charge is 0.261 e. The minimum atomic E-state index is -3.67. The van der Waals surface area contributed by atoms with Crippen LogP contribution in [0.1, 0.15) is 13.8 Å². The highest BCUT2D eigenvalue weighted by Gasteiger charge is 2.17. The molecule has 2 rings (SSSR count). The van der Waals surface area contributed by atoms with Crippen LogP contribution in [0.3, 0.4) is 0 Å². The maximum Gasteiger partial charge on any atom is 0.261 e. The molecule has 2 aromatic rings. The van der Waals surface area contributed by atoms with Gasteiger partial charge in [-0.2, -0.15) is 13.4 Å². The van der Waals surface area contributed by atoms with Crippen molar-refractivity contribution in [1.29, 1.82) is 0 Å². The quantitative estimate of drug-likeness (QED) is 0.697.